The average molecular weight is 307 g/mol. The molecule has 1 aromatic heterocycles. The van der Waals surface area contributed by atoms with Crippen LogP contribution in [0.2, 0.25) is 0 Å². The van der Waals surface area contributed by atoms with Crippen molar-refractivity contribution in [3.05, 3.63) is 29.6 Å². The number of alkyl halides is 1. The van der Waals surface area contributed by atoms with Crippen molar-refractivity contribution in [3.63, 3.8) is 0 Å². The molecule has 3 nitrogen and oxygen atoms in total. The second-order valence-corrected chi connectivity index (χ2v) is 6.91. The van der Waals surface area contributed by atoms with E-state index in [9.17, 15) is 4.79 Å². The smallest absolute Gasteiger partial charge is 0.223 e. The maximum atomic E-state index is 12.0. The van der Waals surface area contributed by atoms with Crippen LogP contribution < -0.4 is 0 Å². The van der Waals surface area contributed by atoms with Crippen LogP contribution in [0.1, 0.15) is 30.5 Å². The van der Waals surface area contributed by atoms with Gasteiger partial charge in [0, 0.05) is 37.3 Å². The van der Waals surface area contributed by atoms with Crippen LogP contribution in [0.4, 0.5) is 0 Å². The Morgan fingerprint density at radius 2 is 2.24 bits per heavy atom. The SMILES string of the molecule is Cc1ccc(C[C@H]2CC[C@@H]3CN(C(=O)CCCl)C[C@H]23)nc1. The van der Waals surface area contributed by atoms with E-state index in [2.05, 4.69) is 24.0 Å². The third kappa shape index (κ3) is 3.23. The number of fused-ring (bicyclic) bond motifs is 1. The van der Waals surface area contributed by atoms with E-state index in [1.54, 1.807) is 0 Å². The van der Waals surface area contributed by atoms with Crippen LogP contribution in [-0.2, 0) is 11.2 Å². The van der Waals surface area contributed by atoms with Gasteiger partial charge in [-0.1, -0.05) is 6.07 Å². The van der Waals surface area contributed by atoms with E-state index in [0.717, 1.165) is 19.5 Å². The Bertz CT molecular complexity index is 502. The van der Waals surface area contributed by atoms with Gasteiger partial charge >= 0.3 is 0 Å². The number of aromatic nitrogens is 1. The number of carbonyl (C=O) groups excluding carboxylic acids is 1. The van der Waals surface area contributed by atoms with Crippen molar-refractivity contribution >= 4 is 17.5 Å². The lowest BCUT2D eigenvalue weighted by atomic mass is 9.89. The number of carbonyl (C=O) groups is 1. The first-order chi connectivity index (χ1) is 10.2. The Kier molecular flexibility index (Phi) is 4.48. The summed E-state index contributed by atoms with van der Waals surface area (Å²) in [6, 6.07) is 4.29. The Hall–Kier alpha value is -1.09. The summed E-state index contributed by atoms with van der Waals surface area (Å²) in [5.41, 5.74) is 2.40. The summed E-state index contributed by atoms with van der Waals surface area (Å²) in [5, 5.41) is 0. The predicted molar refractivity (Wildman–Crippen MR) is 84.3 cm³/mol. The number of pyridine rings is 1. The second kappa shape index (κ2) is 6.35. The predicted octanol–water partition coefficient (Wildman–Crippen LogP) is 3.05. The molecule has 2 heterocycles. The zero-order chi connectivity index (χ0) is 14.8. The van der Waals surface area contributed by atoms with Crippen LogP contribution in [0.5, 0.6) is 0 Å². The summed E-state index contributed by atoms with van der Waals surface area (Å²) in [6.45, 7) is 3.94. The Labute approximate surface area is 131 Å². The van der Waals surface area contributed by atoms with Gasteiger partial charge in [0.15, 0.2) is 0 Å². The summed E-state index contributed by atoms with van der Waals surface area (Å²) >= 11 is 5.69. The number of hydrogen-bond acceptors (Lipinski definition) is 2. The number of hydrogen-bond donors (Lipinski definition) is 0. The summed E-state index contributed by atoms with van der Waals surface area (Å²) < 4.78 is 0. The van der Waals surface area contributed by atoms with Crippen molar-refractivity contribution in [2.24, 2.45) is 17.8 Å². The van der Waals surface area contributed by atoms with E-state index < -0.39 is 0 Å². The van der Waals surface area contributed by atoms with E-state index in [4.69, 9.17) is 11.6 Å². The second-order valence-electron chi connectivity index (χ2n) is 6.53. The molecule has 3 atom stereocenters. The number of nitrogens with zero attached hydrogens (tertiary/aromatic N) is 2. The highest BCUT2D eigenvalue weighted by molar-refractivity contribution is 6.18. The highest BCUT2D eigenvalue weighted by Crippen LogP contribution is 2.43. The van der Waals surface area contributed by atoms with Crippen LogP contribution in [0, 0.1) is 24.7 Å². The van der Waals surface area contributed by atoms with Crippen molar-refractivity contribution < 1.29 is 4.79 Å². The first kappa shape index (κ1) is 14.8. The lowest BCUT2D eigenvalue weighted by Gasteiger charge is -2.20. The van der Waals surface area contributed by atoms with E-state index in [1.807, 2.05) is 11.1 Å². The first-order valence-corrected chi connectivity index (χ1v) is 8.46. The minimum atomic E-state index is 0.228. The number of halogens is 1. The molecule has 1 aromatic rings. The quantitative estimate of drug-likeness (QED) is 0.801. The molecule has 114 valence electrons. The third-order valence-corrected chi connectivity index (χ3v) is 5.30. The minimum absolute atomic E-state index is 0.228. The molecule has 1 saturated carbocycles. The van der Waals surface area contributed by atoms with Crippen molar-refractivity contribution in [3.8, 4) is 0 Å². The van der Waals surface area contributed by atoms with Crippen LogP contribution in [0.25, 0.3) is 0 Å². The number of amides is 1. The molecule has 0 bridgehead atoms. The number of aryl methyl sites for hydroxylation is 1. The molecule has 21 heavy (non-hydrogen) atoms. The van der Waals surface area contributed by atoms with Gasteiger partial charge in [-0.2, -0.15) is 0 Å². The lowest BCUT2D eigenvalue weighted by Crippen LogP contribution is -2.30. The van der Waals surface area contributed by atoms with Gasteiger partial charge in [-0.3, -0.25) is 9.78 Å². The maximum Gasteiger partial charge on any atom is 0.223 e. The number of rotatable bonds is 4. The number of likely N-dealkylation sites (tertiary alicyclic amines) is 1. The highest BCUT2D eigenvalue weighted by atomic mass is 35.5. The van der Waals surface area contributed by atoms with E-state index in [-0.39, 0.29) is 5.91 Å². The van der Waals surface area contributed by atoms with Crippen molar-refractivity contribution in [2.75, 3.05) is 19.0 Å². The molecule has 1 aliphatic carbocycles. The highest BCUT2D eigenvalue weighted by Gasteiger charge is 2.43. The lowest BCUT2D eigenvalue weighted by molar-refractivity contribution is -0.130. The Balaban J connectivity index is 1.61. The van der Waals surface area contributed by atoms with Crippen molar-refractivity contribution in [2.45, 2.75) is 32.6 Å². The summed E-state index contributed by atoms with van der Waals surface area (Å²) in [5.74, 6) is 2.69. The monoisotopic (exact) mass is 306 g/mol. The molecule has 1 saturated heterocycles. The standard InChI is InChI=1S/C17H23ClN2O/c1-12-2-5-15(19-9-12)8-13-3-4-14-10-20(11-16(13)14)17(21)6-7-18/h2,5,9,13-14,16H,3-4,6-8,10-11H2,1H3/t13-,14-,16-/m1/s1. The van der Waals surface area contributed by atoms with Crippen LogP contribution in [-0.4, -0.2) is 34.8 Å². The average Bonchev–Trinajstić information content (AvgIpc) is 3.03. The fraction of sp³-hybridized carbons (Fsp3) is 0.647. The topological polar surface area (TPSA) is 33.2 Å². The molecule has 1 amide bonds. The van der Waals surface area contributed by atoms with Crippen LogP contribution in [0.15, 0.2) is 18.3 Å². The molecule has 0 unspecified atom stereocenters. The summed E-state index contributed by atoms with van der Waals surface area (Å²) in [4.78, 5) is 18.6. The fourth-order valence-electron chi connectivity index (χ4n) is 3.96. The minimum Gasteiger partial charge on any atom is -0.342 e. The van der Waals surface area contributed by atoms with Gasteiger partial charge in [-0.15, -0.1) is 11.6 Å². The zero-order valence-electron chi connectivity index (χ0n) is 12.6. The maximum absolute atomic E-state index is 12.0. The van der Waals surface area contributed by atoms with Gasteiger partial charge < -0.3 is 4.90 Å². The molecule has 2 aliphatic rings. The molecule has 0 aromatic carbocycles. The van der Waals surface area contributed by atoms with E-state index in [1.165, 1.54) is 24.1 Å². The molecule has 0 radical (unpaired) electrons. The molecule has 0 N–H and O–H groups in total. The molecule has 2 fully saturated rings. The molecular formula is C17H23ClN2O. The van der Waals surface area contributed by atoms with Crippen LogP contribution in [0.3, 0.4) is 0 Å². The Morgan fingerprint density at radius 1 is 1.38 bits per heavy atom. The van der Waals surface area contributed by atoms with Gasteiger partial charge in [-0.25, -0.2) is 0 Å². The summed E-state index contributed by atoms with van der Waals surface area (Å²) in [6.07, 6.45) is 6.02. The third-order valence-electron chi connectivity index (χ3n) is 5.11. The van der Waals surface area contributed by atoms with Crippen molar-refractivity contribution in [1.82, 2.24) is 9.88 Å². The normalized spacial score (nSPS) is 27.9. The largest absolute Gasteiger partial charge is 0.342 e. The first-order valence-electron chi connectivity index (χ1n) is 7.92. The molecule has 4 heteroatoms. The molecular weight excluding hydrogens is 284 g/mol. The van der Waals surface area contributed by atoms with Gasteiger partial charge in [-0.05, 0) is 55.6 Å². The van der Waals surface area contributed by atoms with E-state index >= 15 is 0 Å². The molecule has 3 rings (SSSR count). The van der Waals surface area contributed by atoms with Gasteiger partial charge in [0.25, 0.3) is 0 Å². The van der Waals surface area contributed by atoms with Gasteiger partial charge in [0.2, 0.25) is 5.91 Å². The Morgan fingerprint density at radius 3 is 2.95 bits per heavy atom. The van der Waals surface area contributed by atoms with Crippen LogP contribution >= 0.6 is 11.6 Å². The van der Waals surface area contributed by atoms with E-state index in [0.29, 0.717) is 30.1 Å². The van der Waals surface area contributed by atoms with Gasteiger partial charge in [0.1, 0.15) is 0 Å². The molecule has 1 aliphatic heterocycles. The summed E-state index contributed by atoms with van der Waals surface area (Å²) in [7, 11) is 0. The fourth-order valence-corrected chi connectivity index (χ4v) is 4.12. The zero-order valence-corrected chi connectivity index (χ0v) is 13.4. The van der Waals surface area contributed by atoms with Gasteiger partial charge in [0.05, 0.1) is 0 Å². The van der Waals surface area contributed by atoms with Crippen molar-refractivity contribution in [1.29, 1.82) is 0 Å². The molecule has 0 spiro atoms.